The Labute approximate surface area is 183 Å². The number of rotatable bonds is 5. The maximum atomic E-state index is 13.3. The Morgan fingerprint density at radius 1 is 0.935 bits per heavy atom. The second-order valence-electron chi connectivity index (χ2n) is 8.56. The number of para-hydroxylation sites is 1. The number of pyridine rings is 1. The van der Waals surface area contributed by atoms with Crippen LogP contribution in [0, 0.1) is 0 Å². The van der Waals surface area contributed by atoms with E-state index in [4.69, 9.17) is 0 Å². The van der Waals surface area contributed by atoms with Crippen LogP contribution >= 0.6 is 0 Å². The summed E-state index contributed by atoms with van der Waals surface area (Å²) >= 11 is 0. The first-order valence-corrected chi connectivity index (χ1v) is 11.3. The first-order chi connectivity index (χ1) is 15.2. The van der Waals surface area contributed by atoms with E-state index in [1.165, 1.54) is 0 Å². The van der Waals surface area contributed by atoms with Crippen LogP contribution in [0.5, 0.6) is 0 Å². The highest BCUT2D eigenvalue weighted by Gasteiger charge is 2.41. The molecule has 31 heavy (non-hydrogen) atoms. The summed E-state index contributed by atoms with van der Waals surface area (Å²) in [5, 5.41) is 0. The van der Waals surface area contributed by atoms with E-state index in [-0.39, 0.29) is 17.9 Å². The lowest BCUT2D eigenvalue weighted by Gasteiger charge is -2.35. The molecule has 0 aliphatic carbocycles. The molecule has 7 heteroatoms. The van der Waals surface area contributed by atoms with Crippen LogP contribution in [0.2, 0.25) is 0 Å². The van der Waals surface area contributed by atoms with E-state index >= 15 is 0 Å². The third kappa shape index (κ3) is 4.02. The van der Waals surface area contributed by atoms with E-state index in [1.54, 1.807) is 4.90 Å². The van der Waals surface area contributed by atoms with Crippen molar-refractivity contribution in [3.8, 4) is 0 Å². The molecule has 2 fully saturated rings. The predicted molar refractivity (Wildman–Crippen MR) is 120 cm³/mol. The number of benzene rings is 1. The summed E-state index contributed by atoms with van der Waals surface area (Å²) in [6, 6.07) is 13.8. The molecule has 0 bridgehead atoms. The molecule has 0 radical (unpaired) electrons. The first kappa shape index (κ1) is 20.0. The van der Waals surface area contributed by atoms with Crippen molar-refractivity contribution in [3.63, 3.8) is 0 Å². The zero-order valence-corrected chi connectivity index (χ0v) is 17.8. The van der Waals surface area contributed by atoms with E-state index in [0.717, 1.165) is 56.2 Å². The number of amides is 2. The van der Waals surface area contributed by atoms with E-state index < -0.39 is 0 Å². The number of hydrogen-bond acceptors (Lipinski definition) is 5. The van der Waals surface area contributed by atoms with Gasteiger partial charge in [0.1, 0.15) is 11.9 Å². The summed E-state index contributed by atoms with van der Waals surface area (Å²) in [5.41, 5.74) is 2.03. The third-order valence-electron chi connectivity index (χ3n) is 6.70. The maximum Gasteiger partial charge on any atom is 0.249 e. The zero-order valence-electron chi connectivity index (χ0n) is 17.8. The summed E-state index contributed by atoms with van der Waals surface area (Å²) in [4.78, 5) is 38.6. The number of fused-ring (bicyclic) bond motifs is 2. The fraction of sp³-hybridized carbons (Fsp3) is 0.458. The van der Waals surface area contributed by atoms with Gasteiger partial charge in [0, 0.05) is 57.6 Å². The Kier molecular flexibility index (Phi) is 5.59. The van der Waals surface area contributed by atoms with Gasteiger partial charge in [0.25, 0.3) is 0 Å². The zero-order chi connectivity index (χ0) is 21.2. The lowest BCUT2D eigenvalue weighted by Crippen LogP contribution is -2.48. The van der Waals surface area contributed by atoms with E-state index in [9.17, 15) is 9.59 Å². The molecular formula is C24H29N5O2. The van der Waals surface area contributed by atoms with Crippen molar-refractivity contribution < 1.29 is 9.59 Å². The molecule has 0 N–H and O–H groups in total. The van der Waals surface area contributed by atoms with Crippen molar-refractivity contribution in [3.05, 3.63) is 54.2 Å². The molecule has 7 nitrogen and oxygen atoms in total. The van der Waals surface area contributed by atoms with Crippen LogP contribution in [0.3, 0.4) is 0 Å². The van der Waals surface area contributed by atoms with Crippen LogP contribution in [-0.2, 0) is 16.1 Å². The SMILES string of the molecule is O=C1[C@@H]2CCC(=O)N2Cc2ccccc2N1CCCN1CCN(c2ccccn2)CC1. The lowest BCUT2D eigenvalue weighted by molar-refractivity contribution is -0.134. The molecule has 1 atom stereocenters. The van der Waals surface area contributed by atoms with Crippen molar-refractivity contribution in [2.75, 3.05) is 49.1 Å². The fourth-order valence-electron chi connectivity index (χ4n) is 5.00. The lowest BCUT2D eigenvalue weighted by atomic mass is 10.1. The quantitative estimate of drug-likeness (QED) is 0.743. The number of carbonyl (C=O) groups excluding carboxylic acids is 2. The highest BCUT2D eigenvalue weighted by Crippen LogP contribution is 2.33. The Morgan fingerprint density at radius 2 is 1.74 bits per heavy atom. The van der Waals surface area contributed by atoms with Gasteiger partial charge >= 0.3 is 0 Å². The van der Waals surface area contributed by atoms with Crippen LogP contribution in [0.15, 0.2) is 48.7 Å². The molecule has 2 aromatic rings. The number of aromatic nitrogens is 1. The highest BCUT2D eigenvalue weighted by molar-refractivity contribution is 6.02. The molecule has 0 unspecified atom stereocenters. The third-order valence-corrected chi connectivity index (χ3v) is 6.70. The predicted octanol–water partition coefficient (Wildman–Crippen LogP) is 2.13. The van der Waals surface area contributed by atoms with Crippen molar-refractivity contribution in [1.82, 2.24) is 14.8 Å². The molecule has 4 heterocycles. The van der Waals surface area contributed by atoms with Crippen LogP contribution in [0.25, 0.3) is 0 Å². The molecule has 3 aliphatic heterocycles. The van der Waals surface area contributed by atoms with Crippen LogP contribution in [-0.4, -0.2) is 71.9 Å². The molecule has 2 amide bonds. The van der Waals surface area contributed by atoms with Crippen molar-refractivity contribution in [2.24, 2.45) is 0 Å². The van der Waals surface area contributed by atoms with Gasteiger partial charge in [0.2, 0.25) is 11.8 Å². The largest absolute Gasteiger partial charge is 0.354 e. The second-order valence-corrected chi connectivity index (χ2v) is 8.56. The summed E-state index contributed by atoms with van der Waals surface area (Å²) in [6.07, 6.45) is 3.88. The van der Waals surface area contributed by atoms with Gasteiger partial charge < -0.3 is 14.7 Å². The Bertz CT molecular complexity index is 942. The van der Waals surface area contributed by atoms with Crippen molar-refractivity contribution in [2.45, 2.75) is 31.8 Å². The van der Waals surface area contributed by atoms with Crippen LogP contribution < -0.4 is 9.80 Å². The van der Waals surface area contributed by atoms with E-state index in [0.29, 0.717) is 25.9 Å². The Hall–Kier alpha value is -2.93. The summed E-state index contributed by atoms with van der Waals surface area (Å²) in [7, 11) is 0. The number of hydrogen-bond donors (Lipinski definition) is 0. The van der Waals surface area contributed by atoms with Gasteiger partial charge in [-0.15, -0.1) is 0 Å². The summed E-state index contributed by atoms with van der Waals surface area (Å²) in [5.74, 6) is 1.22. The average molecular weight is 420 g/mol. The fourth-order valence-corrected chi connectivity index (χ4v) is 5.00. The Morgan fingerprint density at radius 3 is 2.55 bits per heavy atom. The smallest absolute Gasteiger partial charge is 0.249 e. The van der Waals surface area contributed by atoms with Gasteiger partial charge in [-0.05, 0) is 43.1 Å². The standard InChI is InChI=1S/C24H29N5O2/c30-23-10-9-21-24(31)28(20-7-2-1-6-19(20)18-29(21)23)13-5-12-26-14-16-27(17-15-26)22-8-3-4-11-25-22/h1-4,6-8,11,21H,5,9-10,12-18H2/t21-/m0/s1. The number of carbonyl (C=O) groups is 2. The first-order valence-electron chi connectivity index (χ1n) is 11.3. The normalized spacial score (nSPS) is 21.8. The van der Waals surface area contributed by atoms with Gasteiger partial charge in [-0.3, -0.25) is 14.5 Å². The minimum absolute atomic E-state index is 0.0794. The minimum atomic E-state index is -0.304. The van der Waals surface area contributed by atoms with Gasteiger partial charge in [0.05, 0.1) is 0 Å². The average Bonchev–Trinajstić information content (AvgIpc) is 3.12. The Balaban J connectivity index is 1.20. The van der Waals surface area contributed by atoms with E-state index in [2.05, 4.69) is 20.9 Å². The molecular weight excluding hydrogens is 390 g/mol. The topological polar surface area (TPSA) is 60.0 Å². The van der Waals surface area contributed by atoms with Gasteiger partial charge in [-0.25, -0.2) is 4.98 Å². The molecule has 5 rings (SSSR count). The highest BCUT2D eigenvalue weighted by atomic mass is 16.2. The number of anilines is 2. The molecule has 2 saturated heterocycles. The summed E-state index contributed by atoms with van der Waals surface area (Å²) < 4.78 is 0. The van der Waals surface area contributed by atoms with Crippen LogP contribution in [0.1, 0.15) is 24.8 Å². The van der Waals surface area contributed by atoms with Gasteiger partial charge in [0.15, 0.2) is 0 Å². The maximum absolute atomic E-state index is 13.3. The molecule has 0 saturated carbocycles. The minimum Gasteiger partial charge on any atom is -0.354 e. The van der Waals surface area contributed by atoms with Gasteiger partial charge in [-0.2, -0.15) is 0 Å². The molecule has 3 aliphatic rings. The van der Waals surface area contributed by atoms with E-state index in [1.807, 2.05) is 47.5 Å². The van der Waals surface area contributed by atoms with Gasteiger partial charge in [-0.1, -0.05) is 24.3 Å². The second kappa shape index (κ2) is 8.67. The molecule has 162 valence electrons. The summed E-state index contributed by atoms with van der Waals surface area (Å²) in [6.45, 7) is 6.16. The number of nitrogens with zero attached hydrogens (tertiary/aromatic N) is 5. The molecule has 1 aromatic carbocycles. The molecule has 0 spiro atoms. The number of piperazine rings is 1. The monoisotopic (exact) mass is 419 g/mol. The van der Waals surface area contributed by atoms with Crippen molar-refractivity contribution >= 4 is 23.3 Å². The van der Waals surface area contributed by atoms with Crippen LogP contribution in [0.4, 0.5) is 11.5 Å². The van der Waals surface area contributed by atoms with Crippen molar-refractivity contribution in [1.29, 1.82) is 0 Å². The molecule has 1 aromatic heterocycles.